The fourth-order valence-electron chi connectivity index (χ4n) is 3.14. The molecule has 0 aliphatic rings. The molecule has 0 saturated carbocycles. The van der Waals surface area contributed by atoms with E-state index in [0.717, 1.165) is 16.5 Å². The molecule has 0 radical (unpaired) electrons. The number of anilines is 2. The van der Waals surface area contributed by atoms with Crippen molar-refractivity contribution in [1.82, 2.24) is 15.0 Å². The smallest absolute Gasteiger partial charge is 0.373 e. The Hall–Kier alpha value is -4.07. The first-order valence-corrected chi connectivity index (χ1v) is 8.87. The van der Waals surface area contributed by atoms with Crippen LogP contribution in [-0.2, 0) is 0 Å². The predicted octanol–water partition coefficient (Wildman–Crippen LogP) is 5.09. The molecule has 0 aliphatic heterocycles. The molecule has 4 aromatic rings. The lowest BCUT2D eigenvalue weighted by Gasteiger charge is -2.11. The number of para-hydroxylation sites is 1. The zero-order valence-electron chi connectivity index (χ0n) is 15.8. The van der Waals surface area contributed by atoms with Crippen LogP contribution in [0.1, 0.15) is 11.1 Å². The van der Waals surface area contributed by atoms with Gasteiger partial charge in [-0.2, -0.15) is 4.98 Å². The van der Waals surface area contributed by atoms with Gasteiger partial charge in [0.25, 0.3) is 0 Å². The van der Waals surface area contributed by atoms with Gasteiger partial charge in [0.15, 0.2) is 5.75 Å². The first kappa shape index (κ1) is 18.3. The monoisotopic (exact) mass is 387 g/mol. The van der Waals surface area contributed by atoms with Crippen molar-refractivity contribution in [1.29, 1.82) is 0 Å². The Labute approximate surface area is 166 Å². The molecule has 0 amide bonds. The minimum absolute atomic E-state index is 0.0539. The van der Waals surface area contributed by atoms with Crippen LogP contribution >= 0.6 is 0 Å². The summed E-state index contributed by atoms with van der Waals surface area (Å²) < 4.78 is 5.81. The van der Waals surface area contributed by atoms with Gasteiger partial charge in [0, 0.05) is 17.3 Å². The van der Waals surface area contributed by atoms with Crippen molar-refractivity contribution >= 4 is 28.1 Å². The summed E-state index contributed by atoms with van der Waals surface area (Å²) in [7, 11) is 0. The molecule has 144 valence electrons. The van der Waals surface area contributed by atoms with Crippen LogP contribution in [0.25, 0.3) is 10.9 Å². The molecular formula is C21H17N5O3. The highest BCUT2D eigenvalue weighted by Crippen LogP contribution is 2.37. The molecule has 29 heavy (non-hydrogen) atoms. The van der Waals surface area contributed by atoms with E-state index in [0.29, 0.717) is 17.0 Å². The van der Waals surface area contributed by atoms with Crippen LogP contribution in [0.2, 0.25) is 0 Å². The van der Waals surface area contributed by atoms with E-state index in [4.69, 9.17) is 4.74 Å². The number of aryl methyl sites for hydroxylation is 2. The number of rotatable bonds is 5. The van der Waals surface area contributed by atoms with E-state index in [1.54, 1.807) is 18.3 Å². The Morgan fingerprint density at radius 3 is 2.52 bits per heavy atom. The van der Waals surface area contributed by atoms with Crippen LogP contribution in [0.3, 0.4) is 0 Å². The molecule has 1 N–H and O–H groups in total. The Morgan fingerprint density at radius 1 is 1.00 bits per heavy atom. The summed E-state index contributed by atoms with van der Waals surface area (Å²) >= 11 is 0. The number of benzene rings is 2. The van der Waals surface area contributed by atoms with Gasteiger partial charge >= 0.3 is 11.6 Å². The minimum atomic E-state index is -0.557. The van der Waals surface area contributed by atoms with Crippen LogP contribution in [0.4, 0.5) is 17.2 Å². The second kappa shape index (κ2) is 7.51. The summed E-state index contributed by atoms with van der Waals surface area (Å²) in [5.41, 5.74) is 3.00. The van der Waals surface area contributed by atoms with E-state index in [9.17, 15) is 10.1 Å². The quantitative estimate of drug-likeness (QED) is 0.376. The summed E-state index contributed by atoms with van der Waals surface area (Å²) in [4.78, 5) is 23.6. The molecule has 0 fully saturated rings. The summed E-state index contributed by atoms with van der Waals surface area (Å²) in [6, 6.07) is 14.8. The van der Waals surface area contributed by atoms with Crippen LogP contribution < -0.4 is 10.1 Å². The van der Waals surface area contributed by atoms with Crippen molar-refractivity contribution in [2.75, 3.05) is 5.32 Å². The Morgan fingerprint density at radius 2 is 1.76 bits per heavy atom. The van der Waals surface area contributed by atoms with Crippen molar-refractivity contribution in [3.05, 3.63) is 82.3 Å². The molecule has 2 heterocycles. The molecule has 0 aliphatic carbocycles. The molecule has 8 nitrogen and oxygen atoms in total. The molecule has 2 aromatic heterocycles. The van der Waals surface area contributed by atoms with E-state index in [1.807, 2.05) is 50.2 Å². The summed E-state index contributed by atoms with van der Waals surface area (Å²) in [6.45, 7) is 3.91. The predicted molar refractivity (Wildman–Crippen MR) is 110 cm³/mol. The highest BCUT2D eigenvalue weighted by Gasteiger charge is 2.26. The van der Waals surface area contributed by atoms with Gasteiger partial charge in [0.2, 0.25) is 5.82 Å². The van der Waals surface area contributed by atoms with E-state index in [-0.39, 0.29) is 17.4 Å². The molecule has 4 rings (SSSR count). The maximum Gasteiger partial charge on any atom is 0.373 e. The minimum Gasteiger partial charge on any atom is -0.431 e. The maximum absolute atomic E-state index is 11.8. The molecule has 2 aromatic carbocycles. The number of ether oxygens (including phenoxy) is 1. The molecule has 0 atom stereocenters. The van der Waals surface area contributed by atoms with E-state index in [2.05, 4.69) is 20.3 Å². The van der Waals surface area contributed by atoms with Crippen molar-refractivity contribution in [3.8, 4) is 11.6 Å². The number of nitrogens with zero attached hydrogens (tertiary/aromatic N) is 4. The van der Waals surface area contributed by atoms with E-state index >= 15 is 0 Å². The first-order chi connectivity index (χ1) is 14.0. The van der Waals surface area contributed by atoms with Crippen molar-refractivity contribution < 1.29 is 9.66 Å². The number of fused-ring (bicyclic) bond motifs is 1. The maximum atomic E-state index is 11.8. The number of hydrogen-bond acceptors (Lipinski definition) is 7. The third kappa shape index (κ3) is 3.81. The first-order valence-electron chi connectivity index (χ1n) is 8.87. The van der Waals surface area contributed by atoms with Crippen LogP contribution in [0.5, 0.6) is 11.6 Å². The van der Waals surface area contributed by atoms with Gasteiger partial charge in [0.1, 0.15) is 11.8 Å². The fourth-order valence-corrected chi connectivity index (χ4v) is 3.14. The lowest BCUT2D eigenvalue weighted by molar-refractivity contribution is -0.385. The molecular weight excluding hydrogens is 370 g/mol. The van der Waals surface area contributed by atoms with Gasteiger partial charge in [-0.25, -0.2) is 4.98 Å². The standard InChI is InChI=1S/C21H17N5O3/c1-13-9-14(2)11-16(10-13)25-20-19(26(27)28)21(24-12-23-20)29-17-7-3-5-15-6-4-8-22-18(15)17/h3-12H,1-2H3,(H,23,24,25). The van der Waals surface area contributed by atoms with Gasteiger partial charge in [-0.1, -0.05) is 24.3 Å². The topological polar surface area (TPSA) is 103 Å². The number of pyridine rings is 1. The Kier molecular flexibility index (Phi) is 4.74. The number of hydrogen-bond donors (Lipinski definition) is 1. The van der Waals surface area contributed by atoms with Crippen molar-refractivity contribution in [2.24, 2.45) is 0 Å². The summed E-state index contributed by atoms with van der Waals surface area (Å²) in [6.07, 6.45) is 2.86. The second-order valence-corrected chi connectivity index (χ2v) is 6.57. The molecule has 8 heteroatoms. The highest BCUT2D eigenvalue weighted by atomic mass is 16.6. The van der Waals surface area contributed by atoms with E-state index in [1.165, 1.54) is 6.33 Å². The molecule has 0 unspecified atom stereocenters. The van der Waals surface area contributed by atoms with Gasteiger partial charge in [0.05, 0.1) is 4.92 Å². The Balaban J connectivity index is 1.76. The van der Waals surface area contributed by atoms with Crippen LogP contribution in [-0.4, -0.2) is 19.9 Å². The van der Waals surface area contributed by atoms with Crippen LogP contribution in [0, 0.1) is 24.0 Å². The normalized spacial score (nSPS) is 10.7. The highest BCUT2D eigenvalue weighted by molar-refractivity contribution is 5.84. The fraction of sp³-hybridized carbons (Fsp3) is 0.0952. The molecule has 0 saturated heterocycles. The number of aromatic nitrogens is 3. The SMILES string of the molecule is Cc1cc(C)cc(Nc2ncnc(Oc3cccc4cccnc34)c2[N+](=O)[O-])c1. The van der Waals surface area contributed by atoms with Crippen LogP contribution in [0.15, 0.2) is 61.1 Å². The average Bonchev–Trinajstić information content (AvgIpc) is 2.67. The van der Waals surface area contributed by atoms with Gasteiger partial charge in [-0.15, -0.1) is 0 Å². The summed E-state index contributed by atoms with van der Waals surface area (Å²) in [5.74, 6) is 0.274. The van der Waals surface area contributed by atoms with E-state index < -0.39 is 4.92 Å². The summed E-state index contributed by atoms with van der Waals surface area (Å²) in [5, 5.41) is 15.7. The van der Waals surface area contributed by atoms with Gasteiger partial charge in [-0.3, -0.25) is 15.1 Å². The lowest BCUT2D eigenvalue weighted by Crippen LogP contribution is -2.04. The third-order valence-electron chi connectivity index (χ3n) is 4.26. The second-order valence-electron chi connectivity index (χ2n) is 6.57. The average molecular weight is 387 g/mol. The third-order valence-corrected chi connectivity index (χ3v) is 4.26. The van der Waals surface area contributed by atoms with Crippen molar-refractivity contribution in [3.63, 3.8) is 0 Å². The lowest BCUT2D eigenvalue weighted by atomic mass is 10.1. The molecule has 0 bridgehead atoms. The molecule has 0 spiro atoms. The zero-order valence-corrected chi connectivity index (χ0v) is 15.8. The zero-order chi connectivity index (χ0) is 20.4. The largest absolute Gasteiger partial charge is 0.431 e. The number of nitrogens with one attached hydrogen (secondary N) is 1. The van der Waals surface area contributed by atoms with Gasteiger partial charge in [-0.05, 0) is 49.2 Å². The van der Waals surface area contributed by atoms with Gasteiger partial charge < -0.3 is 10.1 Å². The van der Waals surface area contributed by atoms with Crippen molar-refractivity contribution in [2.45, 2.75) is 13.8 Å². The number of nitro groups is 1. The Bertz CT molecular complexity index is 1200.